The fourth-order valence-electron chi connectivity index (χ4n) is 1.79. The van der Waals surface area contributed by atoms with E-state index in [1.807, 2.05) is 19.1 Å². The third-order valence-corrected chi connectivity index (χ3v) is 2.91. The van der Waals surface area contributed by atoms with Crippen LogP contribution in [0.2, 0.25) is 0 Å². The first-order valence-corrected chi connectivity index (χ1v) is 6.46. The van der Waals surface area contributed by atoms with Crippen LogP contribution >= 0.6 is 0 Å². The molecule has 0 atom stereocenters. The van der Waals surface area contributed by atoms with Crippen molar-refractivity contribution >= 4 is 12.4 Å². The highest BCUT2D eigenvalue weighted by Gasteiger charge is 2.37. The zero-order valence-corrected chi connectivity index (χ0v) is 11.9. The highest BCUT2D eigenvalue weighted by atomic mass is 19.4. The second-order valence-corrected chi connectivity index (χ2v) is 4.76. The Kier molecular flexibility index (Phi) is 4.88. The Morgan fingerprint density at radius 2 is 1.30 bits per heavy atom. The molecule has 2 aromatic rings. The van der Waals surface area contributed by atoms with Gasteiger partial charge in [0.05, 0.1) is 12.4 Å². The SMILES string of the molecule is Cc1ccc(/C=N/N=C/c2cc(F)c(C(F)(F)F)c(F)c2)cc1. The predicted molar refractivity (Wildman–Crippen MR) is 77.7 cm³/mol. The van der Waals surface area contributed by atoms with E-state index in [-0.39, 0.29) is 5.56 Å². The molecule has 0 fully saturated rings. The highest BCUT2D eigenvalue weighted by Crippen LogP contribution is 2.33. The smallest absolute Gasteiger partial charge is 0.206 e. The quantitative estimate of drug-likeness (QED) is 0.442. The standard InChI is InChI=1S/C16H11F5N2/c1-10-2-4-11(5-3-10)8-22-23-9-12-6-13(17)15(14(18)7-12)16(19,20)21/h2-9H,1H3/b22-8+,23-9+. The normalized spacial score (nSPS) is 12.4. The topological polar surface area (TPSA) is 24.7 Å². The average molecular weight is 326 g/mol. The molecule has 0 unspecified atom stereocenters. The average Bonchev–Trinajstić information content (AvgIpc) is 2.43. The summed E-state index contributed by atoms with van der Waals surface area (Å²) in [7, 11) is 0. The summed E-state index contributed by atoms with van der Waals surface area (Å²) >= 11 is 0. The molecule has 0 radical (unpaired) electrons. The van der Waals surface area contributed by atoms with Crippen molar-refractivity contribution in [2.45, 2.75) is 13.1 Å². The summed E-state index contributed by atoms with van der Waals surface area (Å²) in [5.41, 5.74) is -0.245. The Morgan fingerprint density at radius 3 is 1.78 bits per heavy atom. The van der Waals surface area contributed by atoms with E-state index in [9.17, 15) is 22.0 Å². The fourth-order valence-corrected chi connectivity index (χ4v) is 1.79. The second kappa shape index (κ2) is 6.68. The van der Waals surface area contributed by atoms with Gasteiger partial charge in [-0.15, -0.1) is 0 Å². The molecule has 0 aliphatic rings. The summed E-state index contributed by atoms with van der Waals surface area (Å²) in [4.78, 5) is 0. The predicted octanol–water partition coefficient (Wildman–Crippen LogP) is 4.75. The number of halogens is 5. The molecular formula is C16H11F5N2. The van der Waals surface area contributed by atoms with Gasteiger partial charge in [0.2, 0.25) is 0 Å². The Bertz CT molecular complexity index is 723. The molecule has 0 amide bonds. The zero-order valence-electron chi connectivity index (χ0n) is 11.9. The molecule has 0 aliphatic carbocycles. The van der Waals surface area contributed by atoms with E-state index in [4.69, 9.17) is 0 Å². The Hall–Kier alpha value is -2.57. The number of rotatable bonds is 3. The van der Waals surface area contributed by atoms with Crippen molar-refractivity contribution in [3.63, 3.8) is 0 Å². The number of benzene rings is 2. The van der Waals surface area contributed by atoms with Crippen LogP contribution in [0.25, 0.3) is 0 Å². The zero-order chi connectivity index (χ0) is 17.0. The van der Waals surface area contributed by atoms with Crippen molar-refractivity contribution in [2.75, 3.05) is 0 Å². The molecule has 2 aromatic carbocycles. The van der Waals surface area contributed by atoms with Crippen LogP contribution < -0.4 is 0 Å². The molecular weight excluding hydrogens is 315 g/mol. The van der Waals surface area contributed by atoms with Crippen molar-refractivity contribution in [3.05, 3.63) is 70.3 Å². The number of alkyl halides is 3. The van der Waals surface area contributed by atoms with Gasteiger partial charge in [-0.3, -0.25) is 0 Å². The summed E-state index contributed by atoms with van der Waals surface area (Å²) in [5.74, 6) is -3.39. The van der Waals surface area contributed by atoms with Crippen molar-refractivity contribution in [1.82, 2.24) is 0 Å². The lowest BCUT2D eigenvalue weighted by atomic mass is 10.1. The van der Waals surface area contributed by atoms with Crippen molar-refractivity contribution < 1.29 is 22.0 Å². The lowest BCUT2D eigenvalue weighted by Gasteiger charge is -2.09. The van der Waals surface area contributed by atoms with E-state index in [0.717, 1.165) is 17.3 Å². The van der Waals surface area contributed by atoms with Crippen LogP contribution in [-0.4, -0.2) is 12.4 Å². The molecule has 7 heteroatoms. The second-order valence-electron chi connectivity index (χ2n) is 4.76. The molecule has 0 bridgehead atoms. The first-order chi connectivity index (χ1) is 10.8. The largest absolute Gasteiger partial charge is 0.422 e. The first-order valence-electron chi connectivity index (χ1n) is 6.46. The minimum Gasteiger partial charge on any atom is -0.206 e. The molecule has 0 saturated carbocycles. The molecule has 2 rings (SSSR count). The summed E-state index contributed by atoms with van der Waals surface area (Å²) in [6.07, 6.45) is -2.71. The minimum absolute atomic E-state index is 0.158. The lowest BCUT2D eigenvalue weighted by Crippen LogP contribution is -2.11. The highest BCUT2D eigenvalue weighted by molar-refractivity contribution is 5.82. The van der Waals surface area contributed by atoms with Gasteiger partial charge in [-0.2, -0.15) is 23.4 Å². The maximum Gasteiger partial charge on any atom is 0.422 e. The number of hydrogen-bond donors (Lipinski definition) is 0. The lowest BCUT2D eigenvalue weighted by molar-refractivity contribution is -0.142. The fraction of sp³-hybridized carbons (Fsp3) is 0.125. The molecule has 23 heavy (non-hydrogen) atoms. The van der Waals surface area contributed by atoms with Gasteiger partial charge in [0.25, 0.3) is 0 Å². The van der Waals surface area contributed by atoms with Crippen LogP contribution in [0.15, 0.2) is 46.6 Å². The monoisotopic (exact) mass is 326 g/mol. The number of nitrogens with zero attached hydrogens (tertiary/aromatic N) is 2. The van der Waals surface area contributed by atoms with Gasteiger partial charge in [-0.25, -0.2) is 8.78 Å². The maximum atomic E-state index is 13.4. The molecule has 0 N–H and O–H groups in total. The molecule has 120 valence electrons. The maximum absolute atomic E-state index is 13.4. The van der Waals surface area contributed by atoms with Gasteiger partial charge in [0.1, 0.15) is 17.2 Å². The van der Waals surface area contributed by atoms with Crippen LogP contribution in [0.4, 0.5) is 22.0 Å². The third kappa shape index (κ3) is 4.45. The summed E-state index contributed by atoms with van der Waals surface area (Å²) in [5, 5.41) is 7.24. The molecule has 2 nitrogen and oxygen atoms in total. The Balaban J connectivity index is 2.16. The van der Waals surface area contributed by atoms with Gasteiger partial charge in [0.15, 0.2) is 0 Å². The first kappa shape index (κ1) is 16.8. The van der Waals surface area contributed by atoms with Crippen LogP contribution in [0.3, 0.4) is 0 Å². The van der Waals surface area contributed by atoms with E-state index in [2.05, 4.69) is 10.2 Å². The van der Waals surface area contributed by atoms with Crippen molar-refractivity contribution in [2.24, 2.45) is 10.2 Å². The van der Waals surface area contributed by atoms with E-state index in [1.54, 1.807) is 12.1 Å². The number of hydrogen-bond acceptors (Lipinski definition) is 2. The van der Waals surface area contributed by atoms with Crippen LogP contribution in [0.5, 0.6) is 0 Å². The molecule has 0 spiro atoms. The van der Waals surface area contributed by atoms with Gasteiger partial charge in [-0.1, -0.05) is 29.8 Å². The molecule has 0 heterocycles. The van der Waals surface area contributed by atoms with Gasteiger partial charge < -0.3 is 0 Å². The summed E-state index contributed by atoms with van der Waals surface area (Å²) < 4.78 is 64.0. The molecule has 0 aromatic heterocycles. The van der Waals surface area contributed by atoms with Crippen LogP contribution in [-0.2, 0) is 6.18 Å². The summed E-state index contributed by atoms with van der Waals surface area (Å²) in [6.45, 7) is 1.92. The Labute approximate surface area is 129 Å². The number of aryl methyl sites for hydroxylation is 1. The van der Waals surface area contributed by atoms with E-state index < -0.39 is 23.4 Å². The Morgan fingerprint density at radius 1 is 0.826 bits per heavy atom. The van der Waals surface area contributed by atoms with Crippen LogP contribution in [0.1, 0.15) is 22.3 Å². The van der Waals surface area contributed by atoms with Crippen LogP contribution in [0, 0.1) is 18.6 Å². The van der Waals surface area contributed by atoms with Crippen molar-refractivity contribution in [1.29, 1.82) is 0 Å². The third-order valence-electron chi connectivity index (χ3n) is 2.91. The van der Waals surface area contributed by atoms with Gasteiger partial charge in [0, 0.05) is 5.56 Å². The van der Waals surface area contributed by atoms with Crippen molar-refractivity contribution in [3.8, 4) is 0 Å². The van der Waals surface area contributed by atoms with E-state index >= 15 is 0 Å². The summed E-state index contributed by atoms with van der Waals surface area (Å²) in [6, 6.07) is 8.43. The molecule has 0 aliphatic heterocycles. The van der Waals surface area contributed by atoms with Gasteiger partial charge >= 0.3 is 6.18 Å². The van der Waals surface area contributed by atoms with Gasteiger partial charge in [-0.05, 0) is 24.6 Å². The van der Waals surface area contributed by atoms with E-state index in [1.165, 1.54) is 6.21 Å². The molecule has 0 saturated heterocycles. The minimum atomic E-state index is -5.09. The van der Waals surface area contributed by atoms with E-state index in [0.29, 0.717) is 12.1 Å².